The molecule has 0 heterocycles. The minimum atomic E-state index is -0.475. The molecule has 17 heavy (non-hydrogen) atoms. The second kappa shape index (κ2) is 4.84. The number of hydrogen-bond acceptors (Lipinski definition) is 0. The van der Waals surface area contributed by atoms with Crippen molar-refractivity contribution in [3.05, 3.63) is 35.4 Å². The summed E-state index contributed by atoms with van der Waals surface area (Å²) >= 11 is 0. The molecule has 1 fully saturated rings. The molecule has 0 N–H and O–H groups in total. The molecule has 1 aliphatic carbocycles. The van der Waals surface area contributed by atoms with Crippen molar-refractivity contribution in [2.24, 2.45) is 5.89 Å². The van der Waals surface area contributed by atoms with Gasteiger partial charge in [0.05, 0.1) is 0 Å². The van der Waals surface area contributed by atoms with E-state index >= 15 is 0 Å². The summed E-state index contributed by atoms with van der Waals surface area (Å²) in [6.07, 6.45) is 3.28. The van der Waals surface area contributed by atoms with Crippen molar-refractivity contribution in [3.63, 3.8) is 0 Å². The molecular weight excluding hydrogens is 204 g/mol. The van der Waals surface area contributed by atoms with E-state index in [1.54, 1.807) is 0 Å². The van der Waals surface area contributed by atoms with Gasteiger partial charge in [-0.2, -0.15) is 0 Å². The van der Waals surface area contributed by atoms with Crippen LogP contribution in [0.5, 0.6) is 0 Å². The molecule has 0 bridgehead atoms. The Morgan fingerprint density at radius 3 is 2.00 bits per heavy atom. The maximum absolute atomic E-state index is 8.68. The van der Waals surface area contributed by atoms with Crippen molar-refractivity contribution < 1.29 is 2.74 Å². The first-order valence-electron chi connectivity index (χ1n) is 7.74. The van der Waals surface area contributed by atoms with Crippen LogP contribution in [-0.4, -0.2) is 0 Å². The SMILES string of the molecule is [2H]C1(C)CCC([2H])(c2ccc(C(C)(C)C)cc2)CC1. The summed E-state index contributed by atoms with van der Waals surface area (Å²) in [5.41, 5.74) is 2.61. The van der Waals surface area contributed by atoms with Crippen molar-refractivity contribution in [3.8, 4) is 0 Å². The van der Waals surface area contributed by atoms with Gasteiger partial charge in [-0.05, 0) is 41.2 Å². The van der Waals surface area contributed by atoms with Crippen LogP contribution >= 0.6 is 0 Å². The lowest BCUT2D eigenvalue weighted by atomic mass is 9.78. The average Bonchev–Trinajstić information content (AvgIpc) is 2.33. The van der Waals surface area contributed by atoms with Crippen LogP contribution < -0.4 is 0 Å². The first-order chi connectivity index (χ1) is 8.62. The molecule has 0 unspecified atom stereocenters. The number of benzene rings is 1. The monoisotopic (exact) mass is 232 g/mol. The minimum Gasteiger partial charge on any atom is -0.0625 e. The summed E-state index contributed by atoms with van der Waals surface area (Å²) in [6.45, 7) is 8.63. The quantitative estimate of drug-likeness (QED) is 0.618. The third kappa shape index (κ3) is 3.12. The van der Waals surface area contributed by atoms with E-state index in [1.807, 2.05) is 6.92 Å². The van der Waals surface area contributed by atoms with E-state index in [0.29, 0.717) is 0 Å². The normalized spacial score (nSPS) is 36.2. The van der Waals surface area contributed by atoms with Crippen molar-refractivity contribution in [2.75, 3.05) is 0 Å². The Balaban J connectivity index is 2.19. The fourth-order valence-corrected chi connectivity index (χ4v) is 2.47. The van der Waals surface area contributed by atoms with Gasteiger partial charge in [-0.3, -0.25) is 0 Å². The van der Waals surface area contributed by atoms with Gasteiger partial charge in [-0.25, -0.2) is 0 Å². The molecule has 0 atom stereocenters. The summed E-state index contributed by atoms with van der Waals surface area (Å²) in [6, 6.07) is 8.58. The fraction of sp³-hybridized carbons (Fsp3) is 0.647. The van der Waals surface area contributed by atoms with Crippen molar-refractivity contribution >= 4 is 0 Å². The molecule has 1 aromatic rings. The Hall–Kier alpha value is -0.780. The smallest absolute Gasteiger partial charge is 0.0352 e. The number of rotatable bonds is 1. The van der Waals surface area contributed by atoms with Crippen LogP contribution in [0, 0.1) is 5.89 Å². The zero-order valence-corrected chi connectivity index (χ0v) is 11.6. The predicted molar refractivity (Wildman–Crippen MR) is 75.5 cm³/mol. The zero-order valence-electron chi connectivity index (χ0n) is 13.6. The van der Waals surface area contributed by atoms with Gasteiger partial charge in [-0.1, -0.05) is 64.8 Å². The van der Waals surface area contributed by atoms with E-state index < -0.39 is 5.89 Å². The Morgan fingerprint density at radius 1 is 1.00 bits per heavy atom. The molecule has 1 aromatic carbocycles. The molecule has 0 saturated heterocycles. The highest BCUT2D eigenvalue weighted by Crippen LogP contribution is 2.36. The first-order valence-corrected chi connectivity index (χ1v) is 6.74. The van der Waals surface area contributed by atoms with Crippen molar-refractivity contribution in [2.45, 2.75) is 64.7 Å². The molecule has 0 heteroatoms. The molecular formula is C17H26. The van der Waals surface area contributed by atoms with Gasteiger partial charge >= 0.3 is 0 Å². The molecule has 0 aliphatic heterocycles. The van der Waals surface area contributed by atoms with Gasteiger partial charge in [0.1, 0.15) is 0 Å². The van der Waals surface area contributed by atoms with Crippen LogP contribution in [-0.2, 0) is 5.41 Å². The molecule has 0 amide bonds. The summed E-state index contributed by atoms with van der Waals surface area (Å²) in [5.74, 6) is -0.799. The van der Waals surface area contributed by atoms with Crippen molar-refractivity contribution in [1.82, 2.24) is 0 Å². The lowest BCUT2D eigenvalue weighted by Gasteiger charge is -2.27. The second-order valence-electron chi connectivity index (χ2n) is 6.39. The second-order valence-corrected chi connectivity index (χ2v) is 6.39. The van der Waals surface area contributed by atoms with E-state index in [4.69, 9.17) is 2.74 Å². The Labute approximate surface area is 109 Å². The maximum atomic E-state index is 8.68. The van der Waals surface area contributed by atoms with E-state index in [0.717, 1.165) is 31.2 Å². The van der Waals surface area contributed by atoms with E-state index in [9.17, 15) is 0 Å². The highest BCUT2D eigenvalue weighted by atomic mass is 14.3. The van der Waals surface area contributed by atoms with Gasteiger partial charge in [0.2, 0.25) is 0 Å². The van der Waals surface area contributed by atoms with Crippen LogP contribution in [0.3, 0.4) is 0 Å². The van der Waals surface area contributed by atoms with Crippen molar-refractivity contribution in [1.29, 1.82) is 0 Å². The van der Waals surface area contributed by atoms with Crippen LogP contribution in [0.25, 0.3) is 0 Å². The minimum absolute atomic E-state index is 0.167. The van der Waals surface area contributed by atoms with E-state index in [-0.39, 0.29) is 11.3 Å². The Kier molecular flexibility index (Phi) is 2.89. The standard InChI is InChI=1S/C17H26/c1-13-5-7-14(8-6-13)15-9-11-16(12-10-15)17(2,3)4/h9-14H,5-8H2,1-4H3/i13D,14D. The van der Waals surface area contributed by atoms with Crippen LogP contribution in [0.4, 0.5) is 0 Å². The lowest BCUT2D eigenvalue weighted by Crippen LogP contribution is -2.13. The molecule has 94 valence electrons. The maximum Gasteiger partial charge on any atom is 0.0352 e. The largest absolute Gasteiger partial charge is 0.0625 e. The summed E-state index contributed by atoms with van der Waals surface area (Å²) < 4.78 is 16.8. The molecule has 0 nitrogen and oxygen atoms in total. The molecule has 0 spiro atoms. The third-order valence-electron chi connectivity index (χ3n) is 3.87. The van der Waals surface area contributed by atoms with E-state index in [2.05, 4.69) is 45.0 Å². The highest BCUT2D eigenvalue weighted by Gasteiger charge is 2.20. The molecule has 0 radical (unpaired) electrons. The third-order valence-corrected chi connectivity index (χ3v) is 3.87. The number of hydrogen-bond donors (Lipinski definition) is 0. The van der Waals surface area contributed by atoms with E-state index in [1.165, 1.54) is 5.56 Å². The topological polar surface area (TPSA) is 0 Å². The molecule has 1 saturated carbocycles. The van der Waals surface area contributed by atoms with Gasteiger partial charge in [0.15, 0.2) is 0 Å². The highest BCUT2D eigenvalue weighted by molar-refractivity contribution is 5.29. The summed E-state index contributed by atoms with van der Waals surface area (Å²) in [5, 5.41) is 0. The summed E-state index contributed by atoms with van der Waals surface area (Å²) in [4.78, 5) is 0. The van der Waals surface area contributed by atoms with Gasteiger partial charge < -0.3 is 0 Å². The zero-order chi connectivity index (χ0) is 14.3. The molecule has 1 aliphatic rings. The van der Waals surface area contributed by atoms with Crippen LogP contribution in [0.15, 0.2) is 24.3 Å². The Bertz CT molecular complexity index is 427. The Morgan fingerprint density at radius 2 is 1.53 bits per heavy atom. The van der Waals surface area contributed by atoms with Crippen LogP contribution in [0.2, 0.25) is 0 Å². The first kappa shape index (κ1) is 10.2. The van der Waals surface area contributed by atoms with Gasteiger partial charge in [-0.15, -0.1) is 0 Å². The molecule has 0 aromatic heterocycles. The lowest BCUT2D eigenvalue weighted by molar-refractivity contribution is 0.348. The predicted octanol–water partition coefficient (Wildman–Crippen LogP) is 5.28. The van der Waals surface area contributed by atoms with Crippen LogP contribution in [0.1, 0.15) is 73.1 Å². The average molecular weight is 232 g/mol. The van der Waals surface area contributed by atoms with Gasteiger partial charge in [0.25, 0.3) is 0 Å². The fourth-order valence-electron chi connectivity index (χ4n) is 2.47. The summed E-state index contributed by atoms with van der Waals surface area (Å²) in [7, 11) is 0. The molecule has 2 rings (SSSR count). The van der Waals surface area contributed by atoms with Gasteiger partial charge in [0, 0.05) is 2.74 Å².